The number of nitrogens with one attached hydrogen (secondary N) is 1. The molecule has 100 valence electrons. The Morgan fingerprint density at radius 1 is 1.42 bits per heavy atom. The van der Waals surface area contributed by atoms with Crippen LogP contribution in [0.3, 0.4) is 0 Å². The molecule has 0 unspecified atom stereocenters. The van der Waals surface area contributed by atoms with Crippen LogP contribution < -0.4 is 10.9 Å². The molecule has 0 amide bonds. The molecular weight excluding hydrogens is 308 g/mol. The first-order chi connectivity index (χ1) is 9.11. The van der Waals surface area contributed by atoms with E-state index in [-0.39, 0.29) is 5.56 Å². The van der Waals surface area contributed by atoms with Crippen molar-refractivity contribution < 1.29 is 0 Å². The fourth-order valence-electron chi connectivity index (χ4n) is 1.70. The minimum Gasteiger partial charge on any atom is -0.377 e. The molecule has 0 saturated heterocycles. The lowest BCUT2D eigenvalue weighted by molar-refractivity contribution is 0.613. The number of pyridine rings is 1. The van der Waals surface area contributed by atoms with E-state index in [2.05, 4.69) is 31.3 Å². The van der Waals surface area contributed by atoms with Gasteiger partial charge in [-0.1, -0.05) is 6.07 Å². The van der Waals surface area contributed by atoms with Crippen molar-refractivity contribution in [2.45, 2.75) is 26.9 Å². The molecule has 1 N–H and O–H groups in total. The second kappa shape index (κ2) is 5.97. The maximum Gasteiger partial charge on any atom is 0.283 e. The second-order valence-electron chi connectivity index (χ2n) is 4.12. The highest BCUT2D eigenvalue weighted by molar-refractivity contribution is 9.10. The molecule has 2 aromatic heterocycles. The zero-order valence-corrected chi connectivity index (χ0v) is 12.4. The van der Waals surface area contributed by atoms with Crippen LogP contribution in [0.15, 0.2) is 33.7 Å². The van der Waals surface area contributed by atoms with Gasteiger partial charge < -0.3 is 5.32 Å². The standard InChI is InChI=1S/C13H15BrN4O/c1-3-18-13(19)12(14)11(8-16-18)15-7-10-6-4-5-9(2)17-10/h4-6,8,15H,3,7H2,1-2H3. The lowest BCUT2D eigenvalue weighted by Crippen LogP contribution is -2.23. The predicted molar refractivity (Wildman–Crippen MR) is 78.2 cm³/mol. The highest BCUT2D eigenvalue weighted by atomic mass is 79.9. The molecule has 0 aromatic carbocycles. The van der Waals surface area contributed by atoms with E-state index >= 15 is 0 Å². The minimum atomic E-state index is -0.135. The molecule has 0 atom stereocenters. The number of halogens is 1. The maximum atomic E-state index is 11.9. The second-order valence-corrected chi connectivity index (χ2v) is 4.91. The Kier molecular flexibility index (Phi) is 4.31. The summed E-state index contributed by atoms with van der Waals surface area (Å²) in [6.07, 6.45) is 1.64. The van der Waals surface area contributed by atoms with Gasteiger partial charge in [0.1, 0.15) is 4.47 Å². The van der Waals surface area contributed by atoms with E-state index < -0.39 is 0 Å². The molecule has 2 aromatic rings. The molecule has 19 heavy (non-hydrogen) atoms. The Bertz CT molecular complexity index is 639. The van der Waals surface area contributed by atoms with E-state index in [9.17, 15) is 4.79 Å². The first-order valence-electron chi connectivity index (χ1n) is 6.04. The van der Waals surface area contributed by atoms with Gasteiger partial charge >= 0.3 is 0 Å². The average molecular weight is 323 g/mol. The monoisotopic (exact) mass is 322 g/mol. The highest BCUT2D eigenvalue weighted by Crippen LogP contribution is 2.16. The van der Waals surface area contributed by atoms with Crippen molar-refractivity contribution >= 4 is 21.6 Å². The molecule has 6 heteroatoms. The van der Waals surface area contributed by atoms with E-state index in [1.54, 1.807) is 6.20 Å². The maximum absolute atomic E-state index is 11.9. The van der Waals surface area contributed by atoms with Gasteiger partial charge in [0.15, 0.2) is 0 Å². The molecule has 0 aliphatic carbocycles. The van der Waals surface area contributed by atoms with Crippen molar-refractivity contribution in [3.8, 4) is 0 Å². The number of anilines is 1. The summed E-state index contributed by atoms with van der Waals surface area (Å²) in [5.41, 5.74) is 2.44. The van der Waals surface area contributed by atoms with Gasteiger partial charge in [0, 0.05) is 12.2 Å². The molecule has 0 aliphatic rings. The van der Waals surface area contributed by atoms with Gasteiger partial charge in [-0.15, -0.1) is 0 Å². The van der Waals surface area contributed by atoms with E-state index in [0.29, 0.717) is 23.2 Å². The number of hydrogen-bond donors (Lipinski definition) is 1. The van der Waals surface area contributed by atoms with Gasteiger partial charge in [-0.05, 0) is 41.9 Å². The lowest BCUT2D eigenvalue weighted by Gasteiger charge is -2.09. The first kappa shape index (κ1) is 13.7. The topological polar surface area (TPSA) is 59.8 Å². The molecular formula is C13H15BrN4O. The van der Waals surface area contributed by atoms with Crippen LogP contribution in [0, 0.1) is 6.92 Å². The third-order valence-corrected chi connectivity index (χ3v) is 3.46. The van der Waals surface area contributed by atoms with Crippen molar-refractivity contribution in [2.24, 2.45) is 0 Å². The zero-order chi connectivity index (χ0) is 13.8. The van der Waals surface area contributed by atoms with Crippen LogP contribution in [0.1, 0.15) is 18.3 Å². The van der Waals surface area contributed by atoms with Crippen molar-refractivity contribution in [1.82, 2.24) is 14.8 Å². The summed E-state index contributed by atoms with van der Waals surface area (Å²) in [4.78, 5) is 16.3. The van der Waals surface area contributed by atoms with Crippen LogP contribution in [0.2, 0.25) is 0 Å². The van der Waals surface area contributed by atoms with Gasteiger partial charge in [0.2, 0.25) is 0 Å². The average Bonchev–Trinajstić information content (AvgIpc) is 2.41. The molecule has 0 saturated carbocycles. The normalized spacial score (nSPS) is 10.5. The van der Waals surface area contributed by atoms with Crippen LogP contribution in [0.25, 0.3) is 0 Å². The molecule has 0 radical (unpaired) electrons. The highest BCUT2D eigenvalue weighted by Gasteiger charge is 2.07. The molecule has 0 bridgehead atoms. The summed E-state index contributed by atoms with van der Waals surface area (Å²) in [5, 5.41) is 7.24. The molecule has 0 aliphatic heterocycles. The molecule has 0 fully saturated rings. The predicted octanol–water partition coefficient (Wildman–Crippen LogP) is 2.34. The van der Waals surface area contributed by atoms with Crippen molar-refractivity contribution in [2.75, 3.05) is 5.32 Å². The Hall–Kier alpha value is -1.69. The molecule has 2 rings (SSSR count). The molecule has 0 spiro atoms. The third-order valence-electron chi connectivity index (χ3n) is 2.69. The van der Waals surface area contributed by atoms with E-state index in [1.165, 1.54) is 4.68 Å². The molecule has 2 heterocycles. The Balaban J connectivity index is 2.16. The Labute approximate surface area is 119 Å². The summed E-state index contributed by atoms with van der Waals surface area (Å²) >= 11 is 3.30. The van der Waals surface area contributed by atoms with Gasteiger partial charge in [-0.2, -0.15) is 5.10 Å². The van der Waals surface area contributed by atoms with Crippen LogP contribution >= 0.6 is 15.9 Å². The summed E-state index contributed by atoms with van der Waals surface area (Å²) in [5.74, 6) is 0. The number of aromatic nitrogens is 3. The van der Waals surface area contributed by atoms with Crippen LogP contribution in [0.5, 0.6) is 0 Å². The van der Waals surface area contributed by atoms with Crippen LogP contribution in [-0.4, -0.2) is 14.8 Å². The summed E-state index contributed by atoms with van der Waals surface area (Å²) in [6, 6.07) is 5.85. The number of rotatable bonds is 4. The van der Waals surface area contributed by atoms with Crippen molar-refractivity contribution in [3.05, 3.63) is 50.6 Å². The van der Waals surface area contributed by atoms with Crippen molar-refractivity contribution in [1.29, 1.82) is 0 Å². The van der Waals surface area contributed by atoms with Gasteiger partial charge in [-0.25, -0.2) is 4.68 Å². The van der Waals surface area contributed by atoms with Gasteiger partial charge in [0.25, 0.3) is 5.56 Å². The van der Waals surface area contributed by atoms with Crippen molar-refractivity contribution in [3.63, 3.8) is 0 Å². The summed E-state index contributed by atoms with van der Waals surface area (Å²) in [7, 11) is 0. The summed E-state index contributed by atoms with van der Waals surface area (Å²) in [6.45, 7) is 4.93. The number of hydrogen-bond acceptors (Lipinski definition) is 4. The van der Waals surface area contributed by atoms with E-state index in [0.717, 1.165) is 11.4 Å². The minimum absolute atomic E-state index is 0.135. The Morgan fingerprint density at radius 3 is 2.89 bits per heavy atom. The fraction of sp³-hybridized carbons (Fsp3) is 0.308. The SMILES string of the molecule is CCn1ncc(NCc2cccc(C)n2)c(Br)c1=O. The smallest absolute Gasteiger partial charge is 0.283 e. The molecule has 5 nitrogen and oxygen atoms in total. The quantitative estimate of drug-likeness (QED) is 0.938. The fourth-order valence-corrected chi connectivity index (χ4v) is 2.14. The number of aryl methyl sites for hydroxylation is 2. The van der Waals surface area contributed by atoms with Gasteiger partial charge in [-0.3, -0.25) is 9.78 Å². The van der Waals surface area contributed by atoms with Crippen LogP contribution in [0.4, 0.5) is 5.69 Å². The summed E-state index contributed by atoms with van der Waals surface area (Å²) < 4.78 is 1.90. The van der Waals surface area contributed by atoms with Crippen LogP contribution in [-0.2, 0) is 13.1 Å². The van der Waals surface area contributed by atoms with E-state index in [4.69, 9.17) is 0 Å². The number of nitrogens with zero attached hydrogens (tertiary/aromatic N) is 3. The largest absolute Gasteiger partial charge is 0.377 e. The third kappa shape index (κ3) is 3.20. The van der Waals surface area contributed by atoms with E-state index in [1.807, 2.05) is 32.0 Å². The zero-order valence-electron chi connectivity index (χ0n) is 10.9. The lowest BCUT2D eigenvalue weighted by atomic mass is 10.3. The Morgan fingerprint density at radius 2 is 2.21 bits per heavy atom. The van der Waals surface area contributed by atoms with Gasteiger partial charge in [0.05, 0.1) is 24.1 Å². The first-order valence-corrected chi connectivity index (χ1v) is 6.83.